The number of aromatic nitrogens is 1. The second-order valence-corrected chi connectivity index (χ2v) is 8.96. The number of para-hydroxylation sites is 2. The van der Waals surface area contributed by atoms with E-state index in [0.717, 1.165) is 45.0 Å². The summed E-state index contributed by atoms with van der Waals surface area (Å²) < 4.78 is 7.00. The van der Waals surface area contributed by atoms with E-state index in [2.05, 4.69) is 26.5 Å². The maximum atomic E-state index is 13.0. The normalized spacial score (nSPS) is 13.4. The van der Waals surface area contributed by atoms with Crippen molar-refractivity contribution >= 4 is 39.0 Å². The Kier molecular flexibility index (Phi) is 6.17. The molecule has 4 aromatic rings. The monoisotopic (exact) mass is 499 g/mol. The Hall–Kier alpha value is -3.51. The van der Waals surface area contributed by atoms with Crippen LogP contribution in [-0.2, 0) is 6.61 Å². The number of carbonyl (C=O) groups excluding carboxylic acids is 1. The predicted molar refractivity (Wildman–Crippen MR) is 134 cm³/mol. The van der Waals surface area contributed by atoms with Gasteiger partial charge < -0.3 is 4.74 Å². The number of carbonyl (C=O) groups is 1. The number of hydrogen-bond donors (Lipinski definition) is 1. The van der Waals surface area contributed by atoms with Crippen molar-refractivity contribution in [1.82, 2.24) is 10.4 Å². The van der Waals surface area contributed by atoms with E-state index >= 15 is 0 Å². The number of ether oxygens (including phenoxy) is 1. The Bertz CT molecular complexity index is 1350. The highest BCUT2D eigenvalue weighted by Gasteiger charge is 2.26. The fraction of sp³-hybridized carbons (Fsp3) is 0.148. The van der Waals surface area contributed by atoms with E-state index in [9.17, 15) is 4.79 Å². The lowest BCUT2D eigenvalue weighted by Gasteiger charge is -2.10. The standard InChI is InChI=1S/C27H22BrN3O2/c28-21-8-5-6-18(14-21)17-33-26-11-4-1-7-20(26)16-29-31-27(32)23-15-25(19-12-13-19)30-24-10-3-2-9-22(23)24/h1-11,14-16,19H,12-13,17H2,(H,31,32)/b29-16+. The number of amides is 1. The fourth-order valence-corrected chi connectivity index (χ4v) is 4.15. The smallest absolute Gasteiger partial charge is 0.272 e. The van der Waals surface area contributed by atoms with Crippen LogP contribution in [0.15, 0.2) is 88.4 Å². The van der Waals surface area contributed by atoms with Gasteiger partial charge in [-0.1, -0.05) is 58.4 Å². The van der Waals surface area contributed by atoms with Crippen molar-refractivity contribution < 1.29 is 9.53 Å². The first kappa shape index (κ1) is 21.3. The van der Waals surface area contributed by atoms with Gasteiger partial charge >= 0.3 is 0 Å². The van der Waals surface area contributed by atoms with Crippen LogP contribution in [0.25, 0.3) is 10.9 Å². The van der Waals surface area contributed by atoms with Crippen molar-refractivity contribution in [3.63, 3.8) is 0 Å². The Balaban J connectivity index is 1.32. The van der Waals surface area contributed by atoms with Crippen molar-refractivity contribution in [2.24, 2.45) is 5.10 Å². The number of pyridine rings is 1. The molecule has 33 heavy (non-hydrogen) atoms. The van der Waals surface area contributed by atoms with Crippen LogP contribution in [0.4, 0.5) is 0 Å². The second-order valence-electron chi connectivity index (χ2n) is 8.04. The minimum Gasteiger partial charge on any atom is -0.488 e. The number of hydrogen-bond acceptors (Lipinski definition) is 4. The van der Waals surface area contributed by atoms with Gasteiger partial charge in [-0.25, -0.2) is 5.43 Å². The second kappa shape index (κ2) is 9.55. The van der Waals surface area contributed by atoms with Crippen LogP contribution in [0.2, 0.25) is 0 Å². The van der Waals surface area contributed by atoms with Gasteiger partial charge in [0.15, 0.2) is 0 Å². The Morgan fingerprint density at radius 1 is 1.06 bits per heavy atom. The Morgan fingerprint density at radius 3 is 2.73 bits per heavy atom. The average Bonchev–Trinajstić information content (AvgIpc) is 3.68. The molecule has 1 aliphatic carbocycles. The van der Waals surface area contributed by atoms with Crippen LogP contribution in [0.5, 0.6) is 5.75 Å². The van der Waals surface area contributed by atoms with Crippen LogP contribution >= 0.6 is 15.9 Å². The molecule has 6 heteroatoms. The van der Waals surface area contributed by atoms with Crippen LogP contribution in [0, 0.1) is 0 Å². The van der Waals surface area contributed by atoms with E-state index < -0.39 is 0 Å². The molecule has 1 saturated carbocycles. The molecule has 1 heterocycles. The molecule has 5 nitrogen and oxygen atoms in total. The first-order valence-corrected chi connectivity index (χ1v) is 11.7. The molecular weight excluding hydrogens is 478 g/mol. The molecule has 1 aliphatic rings. The third kappa shape index (κ3) is 5.12. The SMILES string of the molecule is O=C(N/N=C/c1ccccc1OCc1cccc(Br)c1)c1cc(C2CC2)nc2ccccc12. The van der Waals surface area contributed by atoms with E-state index in [-0.39, 0.29) is 5.91 Å². The van der Waals surface area contributed by atoms with Crippen LogP contribution in [0.3, 0.4) is 0 Å². The van der Waals surface area contributed by atoms with Crippen molar-refractivity contribution in [2.75, 3.05) is 0 Å². The lowest BCUT2D eigenvalue weighted by atomic mass is 10.1. The molecule has 1 N–H and O–H groups in total. The summed E-state index contributed by atoms with van der Waals surface area (Å²) in [6.45, 7) is 0.434. The zero-order valence-electron chi connectivity index (χ0n) is 17.9. The number of nitrogens with zero attached hydrogens (tertiary/aromatic N) is 2. The summed E-state index contributed by atoms with van der Waals surface area (Å²) in [6, 6.07) is 25.2. The van der Waals surface area contributed by atoms with Gasteiger partial charge in [0.1, 0.15) is 12.4 Å². The Labute approximate surface area is 200 Å². The van der Waals surface area contributed by atoms with Crippen molar-refractivity contribution in [1.29, 1.82) is 0 Å². The molecule has 0 bridgehead atoms. The predicted octanol–water partition coefficient (Wildman–Crippen LogP) is 6.22. The van der Waals surface area contributed by atoms with Gasteiger partial charge in [0.05, 0.1) is 17.3 Å². The summed E-state index contributed by atoms with van der Waals surface area (Å²) >= 11 is 3.48. The molecule has 1 aromatic heterocycles. The summed E-state index contributed by atoms with van der Waals surface area (Å²) in [7, 11) is 0. The number of hydrazone groups is 1. The highest BCUT2D eigenvalue weighted by molar-refractivity contribution is 9.10. The zero-order valence-corrected chi connectivity index (χ0v) is 19.5. The van der Waals surface area contributed by atoms with Gasteiger partial charge in [-0.05, 0) is 54.8 Å². The largest absolute Gasteiger partial charge is 0.488 e. The molecule has 0 radical (unpaired) electrons. The summed E-state index contributed by atoms with van der Waals surface area (Å²) in [5.74, 6) is 0.902. The maximum absolute atomic E-state index is 13.0. The number of halogens is 1. The minimum atomic E-state index is -0.251. The van der Waals surface area contributed by atoms with Crippen molar-refractivity contribution in [2.45, 2.75) is 25.4 Å². The van der Waals surface area contributed by atoms with E-state index in [1.807, 2.05) is 78.9 Å². The molecule has 0 atom stereocenters. The van der Waals surface area contributed by atoms with Gasteiger partial charge in [0, 0.05) is 27.0 Å². The summed E-state index contributed by atoms with van der Waals surface area (Å²) in [5.41, 5.74) is 6.93. The van der Waals surface area contributed by atoms with Crippen LogP contribution < -0.4 is 10.2 Å². The van der Waals surface area contributed by atoms with Crippen molar-refractivity contribution in [3.05, 3.63) is 106 Å². The quantitative estimate of drug-likeness (QED) is 0.242. The highest BCUT2D eigenvalue weighted by atomic mass is 79.9. The first-order valence-electron chi connectivity index (χ1n) is 10.9. The summed E-state index contributed by atoms with van der Waals surface area (Å²) in [6.07, 6.45) is 3.86. The molecule has 0 unspecified atom stereocenters. The molecule has 0 saturated heterocycles. The third-order valence-electron chi connectivity index (χ3n) is 5.55. The number of fused-ring (bicyclic) bond motifs is 1. The van der Waals surface area contributed by atoms with Crippen LogP contribution in [-0.4, -0.2) is 17.1 Å². The maximum Gasteiger partial charge on any atom is 0.272 e. The van der Waals surface area contributed by atoms with E-state index in [0.29, 0.717) is 23.8 Å². The van der Waals surface area contributed by atoms with Gasteiger partial charge in [-0.2, -0.15) is 5.10 Å². The summed E-state index contributed by atoms with van der Waals surface area (Å²) in [4.78, 5) is 17.7. The molecule has 1 fully saturated rings. The number of nitrogens with one attached hydrogen (secondary N) is 1. The van der Waals surface area contributed by atoms with E-state index in [4.69, 9.17) is 9.72 Å². The van der Waals surface area contributed by atoms with Gasteiger partial charge in [0.2, 0.25) is 0 Å². The lowest BCUT2D eigenvalue weighted by Crippen LogP contribution is -2.18. The van der Waals surface area contributed by atoms with E-state index in [1.54, 1.807) is 6.21 Å². The van der Waals surface area contributed by atoms with Gasteiger partial charge in [0.25, 0.3) is 5.91 Å². The first-order chi connectivity index (χ1) is 16.2. The molecule has 0 spiro atoms. The third-order valence-corrected chi connectivity index (χ3v) is 6.04. The molecule has 0 aliphatic heterocycles. The lowest BCUT2D eigenvalue weighted by molar-refractivity contribution is 0.0956. The minimum absolute atomic E-state index is 0.251. The molecular formula is C27H22BrN3O2. The molecule has 1 amide bonds. The molecule has 5 rings (SSSR count). The number of rotatable bonds is 7. The summed E-state index contributed by atoms with van der Waals surface area (Å²) in [5, 5.41) is 5.04. The average molecular weight is 500 g/mol. The van der Waals surface area contributed by atoms with Gasteiger partial charge in [-0.3, -0.25) is 9.78 Å². The van der Waals surface area contributed by atoms with Crippen LogP contribution in [0.1, 0.15) is 45.9 Å². The highest BCUT2D eigenvalue weighted by Crippen LogP contribution is 2.40. The molecule has 164 valence electrons. The number of benzene rings is 3. The Morgan fingerprint density at radius 2 is 1.88 bits per heavy atom. The van der Waals surface area contributed by atoms with Gasteiger partial charge in [-0.15, -0.1) is 0 Å². The zero-order chi connectivity index (χ0) is 22.6. The van der Waals surface area contributed by atoms with E-state index in [1.165, 1.54) is 0 Å². The topological polar surface area (TPSA) is 63.6 Å². The van der Waals surface area contributed by atoms with Crippen molar-refractivity contribution in [3.8, 4) is 5.75 Å². The molecule has 3 aromatic carbocycles. The fourth-order valence-electron chi connectivity index (χ4n) is 3.70.